The molecule has 5 rings (SSSR count). The zero-order valence-electron chi connectivity index (χ0n) is 15.9. The van der Waals surface area contributed by atoms with Crippen LogP contribution in [0.25, 0.3) is 22.0 Å². The first-order valence-corrected chi connectivity index (χ1v) is 9.68. The smallest absolute Gasteiger partial charge is 0.264 e. The number of aromatic hydroxyl groups is 1. The lowest BCUT2D eigenvalue weighted by atomic mass is 9.98. The topological polar surface area (TPSA) is 74.2 Å². The third-order valence-corrected chi connectivity index (χ3v) is 6.12. The monoisotopic (exact) mass is 397 g/mol. The van der Waals surface area contributed by atoms with E-state index in [1.54, 1.807) is 24.5 Å². The van der Waals surface area contributed by atoms with Crippen molar-refractivity contribution in [2.45, 2.75) is 43.3 Å². The van der Waals surface area contributed by atoms with E-state index >= 15 is 0 Å². The van der Waals surface area contributed by atoms with Gasteiger partial charge in [-0.05, 0) is 48.6 Å². The van der Waals surface area contributed by atoms with Crippen molar-refractivity contribution in [1.82, 2.24) is 20.5 Å². The van der Waals surface area contributed by atoms with Crippen molar-refractivity contribution in [3.05, 3.63) is 42.7 Å². The molecule has 6 nitrogen and oxygen atoms in total. The van der Waals surface area contributed by atoms with Crippen molar-refractivity contribution >= 4 is 16.6 Å². The van der Waals surface area contributed by atoms with Crippen LogP contribution in [0.15, 0.2) is 42.7 Å². The molecule has 2 bridgehead atoms. The number of fused-ring (bicyclic) bond motifs is 3. The fraction of sp³-hybridized carbons (Fsp3) is 0.381. The molecule has 3 atom stereocenters. The molecule has 0 radical (unpaired) electrons. The molecule has 29 heavy (non-hydrogen) atoms. The first-order chi connectivity index (χ1) is 13.9. The maximum absolute atomic E-state index is 14.0. The molecule has 2 aliphatic rings. The number of phenolic OH excluding ortho intramolecular Hbond substituents is 1. The summed E-state index contributed by atoms with van der Waals surface area (Å²) in [5, 5.41) is 23.8. The van der Waals surface area contributed by atoms with Gasteiger partial charge in [-0.2, -0.15) is 0 Å². The molecule has 2 saturated heterocycles. The van der Waals surface area contributed by atoms with Gasteiger partial charge in [-0.3, -0.25) is 4.98 Å². The molecule has 0 saturated carbocycles. The van der Waals surface area contributed by atoms with Gasteiger partial charge in [0.1, 0.15) is 5.75 Å². The molecular weight excluding hydrogens is 376 g/mol. The van der Waals surface area contributed by atoms with E-state index in [9.17, 15) is 13.9 Å². The molecule has 2 fully saturated rings. The summed E-state index contributed by atoms with van der Waals surface area (Å²) < 4.78 is 28.0. The predicted octanol–water partition coefficient (Wildman–Crippen LogP) is 3.36. The molecule has 0 spiro atoms. The van der Waals surface area contributed by atoms with Gasteiger partial charge in [-0.25, -0.2) is 8.78 Å². The van der Waals surface area contributed by atoms with Crippen molar-refractivity contribution < 1.29 is 13.9 Å². The molecular formula is C21H21F2N5O. The quantitative estimate of drug-likeness (QED) is 0.706. The van der Waals surface area contributed by atoms with Crippen LogP contribution in [-0.4, -0.2) is 51.4 Å². The highest BCUT2D eigenvalue weighted by Gasteiger charge is 2.53. The minimum atomic E-state index is -2.64. The average molecular weight is 397 g/mol. The molecule has 2 N–H and O–H groups in total. The van der Waals surface area contributed by atoms with E-state index in [0.29, 0.717) is 29.9 Å². The maximum atomic E-state index is 14.0. The number of aromatic nitrogens is 3. The first-order valence-electron chi connectivity index (χ1n) is 9.68. The first kappa shape index (κ1) is 18.2. The lowest BCUT2D eigenvalue weighted by Crippen LogP contribution is -2.49. The molecule has 150 valence electrons. The Kier molecular flexibility index (Phi) is 4.13. The summed E-state index contributed by atoms with van der Waals surface area (Å²) in [6, 6.07) is 8.05. The summed E-state index contributed by atoms with van der Waals surface area (Å²) in [4.78, 5) is 6.00. The summed E-state index contributed by atoms with van der Waals surface area (Å²) in [5.74, 6) is -1.90. The number of nitrogens with zero attached hydrogens (tertiary/aromatic N) is 4. The summed E-state index contributed by atoms with van der Waals surface area (Å²) in [6.45, 7) is 0. The summed E-state index contributed by atoms with van der Waals surface area (Å²) in [7, 11) is 1.87. The van der Waals surface area contributed by atoms with Gasteiger partial charge in [0, 0.05) is 48.9 Å². The van der Waals surface area contributed by atoms with Crippen LogP contribution in [0.5, 0.6) is 5.75 Å². The van der Waals surface area contributed by atoms with Crippen LogP contribution < -0.4 is 10.2 Å². The van der Waals surface area contributed by atoms with Gasteiger partial charge in [-0.15, -0.1) is 10.2 Å². The van der Waals surface area contributed by atoms with E-state index in [-0.39, 0.29) is 24.3 Å². The Bertz CT molecular complexity index is 1060. The second-order valence-corrected chi connectivity index (χ2v) is 7.99. The predicted molar refractivity (Wildman–Crippen MR) is 106 cm³/mol. The van der Waals surface area contributed by atoms with Crippen LogP contribution in [0.1, 0.15) is 19.3 Å². The van der Waals surface area contributed by atoms with Gasteiger partial charge < -0.3 is 15.3 Å². The Labute approximate surface area is 166 Å². The van der Waals surface area contributed by atoms with E-state index in [0.717, 1.165) is 10.8 Å². The molecule has 8 heteroatoms. The maximum Gasteiger partial charge on any atom is 0.264 e. The van der Waals surface area contributed by atoms with E-state index in [1.807, 2.05) is 30.1 Å². The number of piperidine rings is 1. The minimum absolute atomic E-state index is 0.0126. The van der Waals surface area contributed by atoms with E-state index in [1.165, 1.54) is 0 Å². The van der Waals surface area contributed by atoms with Gasteiger partial charge in [-0.1, -0.05) is 0 Å². The Morgan fingerprint density at radius 2 is 2.00 bits per heavy atom. The summed E-state index contributed by atoms with van der Waals surface area (Å²) >= 11 is 0. The van der Waals surface area contributed by atoms with Crippen molar-refractivity contribution in [2.24, 2.45) is 0 Å². The number of pyridine rings is 1. The number of anilines is 1. The SMILES string of the molecule is CN(c1ccc(-c2cc3ccncc3cc2O)nn1)[C@H]1CC2CC(F)(F)C(C1)N2. The molecule has 2 aromatic heterocycles. The van der Waals surface area contributed by atoms with E-state index in [4.69, 9.17) is 0 Å². The number of phenols is 1. The third kappa shape index (κ3) is 3.17. The second kappa shape index (κ2) is 6.59. The molecule has 4 heterocycles. The number of alkyl halides is 2. The van der Waals surface area contributed by atoms with Crippen LogP contribution in [0.3, 0.4) is 0 Å². The van der Waals surface area contributed by atoms with E-state index in [2.05, 4.69) is 20.5 Å². The van der Waals surface area contributed by atoms with Crippen molar-refractivity contribution in [2.75, 3.05) is 11.9 Å². The molecule has 2 unspecified atom stereocenters. The van der Waals surface area contributed by atoms with Crippen molar-refractivity contribution in [1.29, 1.82) is 0 Å². The lowest BCUT2D eigenvalue weighted by Gasteiger charge is -2.36. The molecule has 2 aliphatic heterocycles. The van der Waals surface area contributed by atoms with Gasteiger partial charge >= 0.3 is 0 Å². The zero-order valence-corrected chi connectivity index (χ0v) is 15.9. The average Bonchev–Trinajstić information content (AvgIpc) is 2.93. The van der Waals surface area contributed by atoms with Crippen molar-refractivity contribution in [3.63, 3.8) is 0 Å². The summed E-state index contributed by atoms with van der Waals surface area (Å²) in [5.41, 5.74) is 1.14. The van der Waals surface area contributed by atoms with Crippen LogP contribution >= 0.6 is 0 Å². The third-order valence-electron chi connectivity index (χ3n) is 6.12. The minimum Gasteiger partial charge on any atom is -0.507 e. The van der Waals surface area contributed by atoms with Crippen LogP contribution in [0.2, 0.25) is 0 Å². The molecule has 3 aromatic rings. The fourth-order valence-electron chi connectivity index (χ4n) is 4.51. The highest BCUT2D eigenvalue weighted by molar-refractivity contribution is 5.89. The van der Waals surface area contributed by atoms with Gasteiger partial charge in [0.25, 0.3) is 5.92 Å². The Morgan fingerprint density at radius 3 is 2.76 bits per heavy atom. The van der Waals surface area contributed by atoms with Crippen LogP contribution in [-0.2, 0) is 0 Å². The number of hydrogen-bond donors (Lipinski definition) is 2. The Balaban J connectivity index is 1.39. The number of halogens is 2. The van der Waals surface area contributed by atoms with Crippen molar-refractivity contribution in [3.8, 4) is 17.0 Å². The number of rotatable bonds is 3. The standard InChI is InChI=1S/C21H21F2N5O/c1-28(15-8-14-10-21(22,23)19(9-15)25-14)20-3-2-17(26-27-20)16-6-12-4-5-24-11-13(12)7-18(16)29/h2-7,11,14-15,19,25,29H,8-10H2,1H3/t14?,15-,19?/m0/s1. The highest BCUT2D eigenvalue weighted by atomic mass is 19.3. The largest absolute Gasteiger partial charge is 0.507 e. The van der Waals surface area contributed by atoms with Gasteiger partial charge in [0.05, 0.1) is 11.7 Å². The molecule has 0 amide bonds. The highest BCUT2D eigenvalue weighted by Crippen LogP contribution is 2.41. The Hall–Kier alpha value is -2.87. The lowest BCUT2D eigenvalue weighted by molar-refractivity contribution is -0.0128. The summed E-state index contributed by atoms with van der Waals surface area (Å²) in [6.07, 6.45) is 4.33. The number of nitrogens with one attached hydrogen (secondary N) is 1. The van der Waals surface area contributed by atoms with Gasteiger partial charge in [0.2, 0.25) is 0 Å². The Morgan fingerprint density at radius 1 is 1.14 bits per heavy atom. The second-order valence-electron chi connectivity index (χ2n) is 7.99. The van der Waals surface area contributed by atoms with Crippen LogP contribution in [0.4, 0.5) is 14.6 Å². The molecule has 0 aliphatic carbocycles. The van der Waals surface area contributed by atoms with E-state index < -0.39 is 12.0 Å². The zero-order chi connectivity index (χ0) is 20.2. The number of hydrogen-bond acceptors (Lipinski definition) is 6. The number of benzene rings is 1. The molecule has 1 aromatic carbocycles. The fourth-order valence-corrected chi connectivity index (χ4v) is 4.51. The normalized spacial score (nSPS) is 25.3. The van der Waals surface area contributed by atoms with Crippen LogP contribution in [0, 0.1) is 0 Å². The van der Waals surface area contributed by atoms with Gasteiger partial charge in [0.15, 0.2) is 5.82 Å².